The number of phenolic OH excluding ortho intramolecular Hbond substituents is 2. The first-order valence-corrected chi connectivity index (χ1v) is 5.92. The summed E-state index contributed by atoms with van der Waals surface area (Å²) in [5.74, 6) is 1.23. The van der Waals surface area contributed by atoms with E-state index in [1.54, 1.807) is 6.07 Å². The van der Waals surface area contributed by atoms with Crippen LogP contribution in [0.5, 0.6) is 11.5 Å². The SMILES string of the molecule is CC(NCC1CCC1)c1cc(O)ccc1O. The summed E-state index contributed by atoms with van der Waals surface area (Å²) in [4.78, 5) is 0. The van der Waals surface area contributed by atoms with E-state index < -0.39 is 0 Å². The number of nitrogens with one attached hydrogen (secondary N) is 1. The van der Waals surface area contributed by atoms with E-state index in [0.29, 0.717) is 0 Å². The molecule has 0 saturated heterocycles. The van der Waals surface area contributed by atoms with Crippen LogP contribution in [0.25, 0.3) is 0 Å². The highest BCUT2D eigenvalue weighted by atomic mass is 16.3. The third-order valence-corrected chi connectivity index (χ3v) is 3.42. The van der Waals surface area contributed by atoms with Crippen LogP contribution in [0.4, 0.5) is 0 Å². The zero-order chi connectivity index (χ0) is 11.5. The Morgan fingerprint density at radius 1 is 1.38 bits per heavy atom. The molecule has 1 aromatic carbocycles. The highest BCUT2D eigenvalue weighted by molar-refractivity contribution is 5.40. The fourth-order valence-corrected chi connectivity index (χ4v) is 2.04. The molecule has 1 aliphatic rings. The van der Waals surface area contributed by atoms with Crippen molar-refractivity contribution in [1.82, 2.24) is 5.32 Å². The smallest absolute Gasteiger partial charge is 0.120 e. The molecule has 0 aromatic heterocycles. The van der Waals surface area contributed by atoms with Gasteiger partial charge >= 0.3 is 0 Å². The molecule has 0 bridgehead atoms. The van der Waals surface area contributed by atoms with Gasteiger partial charge in [0.05, 0.1) is 0 Å². The van der Waals surface area contributed by atoms with E-state index in [0.717, 1.165) is 18.0 Å². The second-order valence-electron chi connectivity index (χ2n) is 4.67. The maximum absolute atomic E-state index is 9.69. The van der Waals surface area contributed by atoms with Gasteiger partial charge in [-0.2, -0.15) is 0 Å². The monoisotopic (exact) mass is 221 g/mol. The van der Waals surface area contributed by atoms with Gasteiger partial charge in [-0.05, 0) is 50.4 Å². The van der Waals surface area contributed by atoms with Gasteiger partial charge < -0.3 is 15.5 Å². The highest BCUT2D eigenvalue weighted by Crippen LogP contribution is 2.29. The lowest BCUT2D eigenvalue weighted by Gasteiger charge is -2.27. The van der Waals surface area contributed by atoms with E-state index in [4.69, 9.17) is 0 Å². The lowest BCUT2D eigenvalue weighted by molar-refractivity contribution is 0.291. The van der Waals surface area contributed by atoms with Crippen molar-refractivity contribution in [3.05, 3.63) is 23.8 Å². The molecular weight excluding hydrogens is 202 g/mol. The number of aromatic hydroxyl groups is 2. The van der Waals surface area contributed by atoms with Crippen molar-refractivity contribution in [2.75, 3.05) is 6.54 Å². The minimum Gasteiger partial charge on any atom is -0.508 e. The summed E-state index contributed by atoms with van der Waals surface area (Å²) in [6, 6.07) is 4.73. The Bertz CT molecular complexity index is 361. The normalized spacial score (nSPS) is 18.1. The topological polar surface area (TPSA) is 52.5 Å². The van der Waals surface area contributed by atoms with Gasteiger partial charge in [-0.15, -0.1) is 0 Å². The zero-order valence-electron chi connectivity index (χ0n) is 9.61. The average molecular weight is 221 g/mol. The van der Waals surface area contributed by atoms with Gasteiger partial charge in [0.2, 0.25) is 0 Å². The van der Waals surface area contributed by atoms with E-state index >= 15 is 0 Å². The summed E-state index contributed by atoms with van der Waals surface area (Å²) in [7, 11) is 0. The second-order valence-corrected chi connectivity index (χ2v) is 4.67. The van der Waals surface area contributed by atoms with Gasteiger partial charge in [-0.25, -0.2) is 0 Å². The Labute approximate surface area is 96.1 Å². The van der Waals surface area contributed by atoms with Crippen molar-refractivity contribution >= 4 is 0 Å². The molecule has 3 nitrogen and oxygen atoms in total. The van der Waals surface area contributed by atoms with Crippen molar-refractivity contribution in [3.63, 3.8) is 0 Å². The molecule has 0 spiro atoms. The maximum Gasteiger partial charge on any atom is 0.120 e. The molecule has 1 atom stereocenters. The molecule has 3 N–H and O–H groups in total. The fourth-order valence-electron chi connectivity index (χ4n) is 2.04. The molecule has 0 heterocycles. The van der Waals surface area contributed by atoms with Crippen LogP contribution in [-0.4, -0.2) is 16.8 Å². The van der Waals surface area contributed by atoms with Crippen molar-refractivity contribution in [3.8, 4) is 11.5 Å². The first-order valence-electron chi connectivity index (χ1n) is 5.92. The van der Waals surface area contributed by atoms with Crippen molar-refractivity contribution in [2.45, 2.75) is 32.2 Å². The molecule has 1 unspecified atom stereocenters. The standard InChI is InChI=1S/C13H19NO2/c1-9(14-8-10-3-2-4-10)12-7-11(15)5-6-13(12)16/h5-7,9-10,14-16H,2-4,8H2,1H3. The molecule has 1 saturated carbocycles. The molecule has 88 valence electrons. The maximum atomic E-state index is 9.69. The predicted molar refractivity (Wildman–Crippen MR) is 63.5 cm³/mol. The molecule has 16 heavy (non-hydrogen) atoms. The lowest BCUT2D eigenvalue weighted by Crippen LogP contribution is -2.29. The Hall–Kier alpha value is -1.22. The largest absolute Gasteiger partial charge is 0.508 e. The minimum absolute atomic E-state index is 0.0766. The van der Waals surface area contributed by atoms with Crippen LogP contribution in [-0.2, 0) is 0 Å². The van der Waals surface area contributed by atoms with E-state index in [-0.39, 0.29) is 17.5 Å². The van der Waals surface area contributed by atoms with Gasteiger partial charge in [0, 0.05) is 11.6 Å². The zero-order valence-corrected chi connectivity index (χ0v) is 9.61. The molecule has 1 fully saturated rings. The van der Waals surface area contributed by atoms with Crippen molar-refractivity contribution in [2.24, 2.45) is 5.92 Å². The summed E-state index contributed by atoms with van der Waals surface area (Å²) in [5, 5.41) is 22.5. The number of rotatable bonds is 4. The van der Waals surface area contributed by atoms with Gasteiger partial charge in [0.25, 0.3) is 0 Å². The van der Waals surface area contributed by atoms with Crippen LogP contribution in [0, 0.1) is 5.92 Å². The number of hydrogen-bond donors (Lipinski definition) is 3. The van der Waals surface area contributed by atoms with Gasteiger partial charge in [-0.3, -0.25) is 0 Å². The van der Waals surface area contributed by atoms with E-state index in [1.807, 2.05) is 6.92 Å². The first kappa shape index (κ1) is 11.3. The molecule has 0 radical (unpaired) electrons. The van der Waals surface area contributed by atoms with Crippen LogP contribution in [0.2, 0.25) is 0 Å². The summed E-state index contributed by atoms with van der Waals surface area (Å²) >= 11 is 0. The summed E-state index contributed by atoms with van der Waals surface area (Å²) in [5.41, 5.74) is 0.763. The van der Waals surface area contributed by atoms with Crippen LogP contribution in [0.1, 0.15) is 37.8 Å². The molecule has 2 rings (SSSR count). The van der Waals surface area contributed by atoms with E-state index in [1.165, 1.54) is 31.4 Å². The van der Waals surface area contributed by atoms with Gasteiger partial charge in [0.1, 0.15) is 11.5 Å². The summed E-state index contributed by atoms with van der Waals surface area (Å²) in [6.07, 6.45) is 3.97. The molecule has 0 amide bonds. The Balaban J connectivity index is 1.95. The minimum atomic E-state index is 0.0766. The van der Waals surface area contributed by atoms with Crippen molar-refractivity contribution < 1.29 is 10.2 Å². The van der Waals surface area contributed by atoms with Gasteiger partial charge in [0.15, 0.2) is 0 Å². The molecule has 3 heteroatoms. The van der Waals surface area contributed by atoms with Crippen LogP contribution >= 0.6 is 0 Å². The average Bonchev–Trinajstić information content (AvgIpc) is 2.19. The predicted octanol–water partition coefficient (Wildman–Crippen LogP) is 2.55. The van der Waals surface area contributed by atoms with Crippen LogP contribution in [0.15, 0.2) is 18.2 Å². The van der Waals surface area contributed by atoms with Crippen LogP contribution in [0.3, 0.4) is 0 Å². The Kier molecular flexibility index (Phi) is 3.34. The number of benzene rings is 1. The number of phenols is 2. The van der Waals surface area contributed by atoms with Crippen LogP contribution < -0.4 is 5.32 Å². The third-order valence-electron chi connectivity index (χ3n) is 3.42. The molecule has 1 aliphatic carbocycles. The quantitative estimate of drug-likeness (QED) is 0.685. The summed E-state index contributed by atoms with van der Waals surface area (Å²) < 4.78 is 0. The lowest BCUT2D eigenvalue weighted by atomic mass is 9.85. The van der Waals surface area contributed by atoms with E-state index in [2.05, 4.69) is 5.32 Å². The second kappa shape index (κ2) is 4.74. The first-order chi connectivity index (χ1) is 7.66. The molecular formula is C13H19NO2. The third kappa shape index (κ3) is 2.47. The molecule has 0 aliphatic heterocycles. The Morgan fingerprint density at radius 2 is 2.12 bits per heavy atom. The Morgan fingerprint density at radius 3 is 2.75 bits per heavy atom. The summed E-state index contributed by atoms with van der Waals surface area (Å²) in [6.45, 7) is 3.00. The van der Waals surface area contributed by atoms with Crippen molar-refractivity contribution in [1.29, 1.82) is 0 Å². The highest BCUT2D eigenvalue weighted by Gasteiger charge is 2.18. The van der Waals surface area contributed by atoms with E-state index in [9.17, 15) is 10.2 Å². The van der Waals surface area contributed by atoms with Gasteiger partial charge in [-0.1, -0.05) is 6.42 Å². The fraction of sp³-hybridized carbons (Fsp3) is 0.538. The molecule has 1 aromatic rings. The number of hydrogen-bond acceptors (Lipinski definition) is 3.